The number of hydrogen-bond acceptors (Lipinski definition) is 4. The van der Waals surface area contributed by atoms with Crippen molar-refractivity contribution < 1.29 is 27.4 Å². The molecule has 0 atom stereocenters. The molecule has 1 aromatic carbocycles. The highest BCUT2D eigenvalue weighted by Gasteiger charge is 2.32. The molecular weight excluding hydrogens is 287 g/mol. The summed E-state index contributed by atoms with van der Waals surface area (Å²) in [6.07, 6.45) is -3.04. The summed E-state index contributed by atoms with van der Waals surface area (Å²) in [6.45, 7) is 0. The van der Waals surface area contributed by atoms with Crippen molar-refractivity contribution in [1.82, 2.24) is 4.98 Å². The van der Waals surface area contributed by atoms with Crippen molar-refractivity contribution in [1.29, 1.82) is 0 Å². The van der Waals surface area contributed by atoms with Crippen LogP contribution in [0.3, 0.4) is 0 Å². The highest BCUT2D eigenvalue weighted by molar-refractivity contribution is 5.89. The number of benzene rings is 1. The number of carbonyl (C=O) groups excluding carboxylic acids is 1. The maximum absolute atomic E-state index is 12.4. The third kappa shape index (κ3) is 3.50. The van der Waals surface area contributed by atoms with Gasteiger partial charge in [-0.25, -0.2) is 4.98 Å². The molecule has 7 heteroatoms. The fourth-order valence-electron chi connectivity index (χ4n) is 1.79. The summed E-state index contributed by atoms with van der Waals surface area (Å²) < 4.78 is 46.1. The monoisotopic (exact) mass is 297 g/mol. The molecule has 2 rings (SSSR count). The van der Waals surface area contributed by atoms with Gasteiger partial charge in [-0.2, -0.15) is 0 Å². The Balaban J connectivity index is 2.54. The van der Waals surface area contributed by atoms with Gasteiger partial charge < -0.3 is 9.47 Å². The zero-order valence-corrected chi connectivity index (χ0v) is 10.8. The van der Waals surface area contributed by atoms with Crippen LogP contribution in [-0.2, 0) is 0 Å². The number of methoxy groups -OCH3 is 1. The van der Waals surface area contributed by atoms with Crippen molar-refractivity contribution in [3.8, 4) is 22.8 Å². The fraction of sp³-hybridized carbons (Fsp3) is 0.143. The molecule has 0 saturated carbocycles. The van der Waals surface area contributed by atoms with E-state index in [1.807, 2.05) is 0 Å². The first-order valence-corrected chi connectivity index (χ1v) is 5.79. The lowest BCUT2D eigenvalue weighted by Gasteiger charge is -2.14. The van der Waals surface area contributed by atoms with E-state index in [-0.39, 0.29) is 22.6 Å². The molecule has 0 saturated heterocycles. The number of carbonyl (C=O) groups is 1. The second-order valence-corrected chi connectivity index (χ2v) is 3.98. The maximum Gasteiger partial charge on any atom is 0.573 e. The number of aromatic nitrogens is 1. The van der Waals surface area contributed by atoms with Gasteiger partial charge in [-0.1, -0.05) is 18.2 Å². The summed E-state index contributed by atoms with van der Waals surface area (Å²) in [7, 11) is 1.37. The second kappa shape index (κ2) is 5.82. The standard InChI is InChI=1S/C14H10F3NO3/c1-20-13-6-9(8-19)11(7-18-13)10-4-2-3-5-12(10)21-14(15,16)17/h2-8H,1H3. The van der Waals surface area contributed by atoms with Crippen LogP contribution in [0, 0.1) is 0 Å². The molecule has 21 heavy (non-hydrogen) atoms. The molecule has 0 radical (unpaired) electrons. The van der Waals surface area contributed by atoms with Crippen LogP contribution >= 0.6 is 0 Å². The van der Waals surface area contributed by atoms with E-state index in [1.54, 1.807) is 0 Å². The SMILES string of the molecule is COc1cc(C=O)c(-c2ccccc2OC(F)(F)F)cn1. The van der Waals surface area contributed by atoms with Crippen molar-refractivity contribution in [3.63, 3.8) is 0 Å². The Morgan fingerprint density at radius 1 is 1.19 bits per heavy atom. The number of hydrogen-bond donors (Lipinski definition) is 0. The summed E-state index contributed by atoms with van der Waals surface area (Å²) in [4.78, 5) is 15.0. The molecule has 4 nitrogen and oxygen atoms in total. The van der Waals surface area contributed by atoms with Gasteiger partial charge in [0.2, 0.25) is 5.88 Å². The number of ether oxygens (including phenoxy) is 2. The van der Waals surface area contributed by atoms with E-state index in [9.17, 15) is 18.0 Å². The molecule has 0 spiro atoms. The number of halogens is 3. The minimum absolute atomic E-state index is 0.118. The minimum Gasteiger partial charge on any atom is -0.481 e. The summed E-state index contributed by atoms with van der Waals surface area (Å²) in [5.74, 6) is -0.213. The Morgan fingerprint density at radius 2 is 1.90 bits per heavy atom. The molecule has 0 aliphatic rings. The Kier molecular flexibility index (Phi) is 4.11. The first-order chi connectivity index (χ1) is 9.94. The Hall–Kier alpha value is -2.57. The first kappa shape index (κ1) is 14.8. The van der Waals surface area contributed by atoms with E-state index in [2.05, 4.69) is 9.72 Å². The van der Waals surface area contributed by atoms with Gasteiger partial charge in [-0.15, -0.1) is 13.2 Å². The van der Waals surface area contributed by atoms with E-state index in [4.69, 9.17) is 4.74 Å². The molecule has 2 aromatic rings. The molecule has 0 N–H and O–H groups in total. The predicted octanol–water partition coefficient (Wildman–Crippen LogP) is 3.47. The van der Waals surface area contributed by atoms with Gasteiger partial charge in [-0.3, -0.25) is 4.79 Å². The quantitative estimate of drug-likeness (QED) is 0.811. The average molecular weight is 297 g/mol. The van der Waals surface area contributed by atoms with Crippen LogP contribution in [-0.4, -0.2) is 24.7 Å². The summed E-state index contributed by atoms with van der Waals surface area (Å²) >= 11 is 0. The van der Waals surface area contributed by atoms with Gasteiger partial charge in [0.1, 0.15) is 5.75 Å². The predicted molar refractivity (Wildman–Crippen MR) is 68.3 cm³/mol. The number of para-hydroxylation sites is 1. The molecule has 0 aliphatic carbocycles. The molecule has 0 bridgehead atoms. The van der Waals surface area contributed by atoms with Gasteiger partial charge in [0.25, 0.3) is 0 Å². The number of aldehydes is 1. The summed E-state index contributed by atoms with van der Waals surface area (Å²) in [6, 6.07) is 6.87. The van der Waals surface area contributed by atoms with Gasteiger partial charge in [-0.05, 0) is 6.07 Å². The highest BCUT2D eigenvalue weighted by Crippen LogP contribution is 2.35. The average Bonchev–Trinajstić information content (AvgIpc) is 2.45. The van der Waals surface area contributed by atoms with Crippen LogP contribution in [0.5, 0.6) is 11.6 Å². The van der Waals surface area contributed by atoms with Crippen LogP contribution in [0.4, 0.5) is 13.2 Å². The maximum atomic E-state index is 12.4. The van der Waals surface area contributed by atoms with Crippen LogP contribution < -0.4 is 9.47 Å². The van der Waals surface area contributed by atoms with Gasteiger partial charge in [0.05, 0.1) is 7.11 Å². The van der Waals surface area contributed by atoms with Crippen molar-refractivity contribution in [2.24, 2.45) is 0 Å². The van der Waals surface area contributed by atoms with Crippen LogP contribution in [0.1, 0.15) is 10.4 Å². The van der Waals surface area contributed by atoms with Crippen molar-refractivity contribution >= 4 is 6.29 Å². The zero-order valence-electron chi connectivity index (χ0n) is 10.8. The van der Waals surface area contributed by atoms with Gasteiger partial charge in [0, 0.05) is 29.0 Å². The van der Waals surface area contributed by atoms with E-state index < -0.39 is 12.1 Å². The largest absolute Gasteiger partial charge is 0.573 e. The number of alkyl halides is 3. The number of nitrogens with zero attached hydrogens (tertiary/aromatic N) is 1. The summed E-state index contributed by atoms with van der Waals surface area (Å²) in [5, 5.41) is 0. The Bertz CT molecular complexity index is 656. The number of rotatable bonds is 4. The minimum atomic E-state index is -4.82. The van der Waals surface area contributed by atoms with Crippen molar-refractivity contribution in [2.75, 3.05) is 7.11 Å². The molecule has 1 heterocycles. The van der Waals surface area contributed by atoms with E-state index >= 15 is 0 Å². The van der Waals surface area contributed by atoms with Crippen LogP contribution in [0.15, 0.2) is 36.5 Å². The smallest absolute Gasteiger partial charge is 0.481 e. The third-order valence-corrected chi connectivity index (χ3v) is 2.65. The van der Waals surface area contributed by atoms with Crippen molar-refractivity contribution in [2.45, 2.75) is 6.36 Å². The van der Waals surface area contributed by atoms with Crippen LogP contribution in [0.25, 0.3) is 11.1 Å². The lowest BCUT2D eigenvalue weighted by atomic mass is 10.0. The van der Waals surface area contributed by atoms with Crippen molar-refractivity contribution in [3.05, 3.63) is 42.1 Å². The van der Waals surface area contributed by atoms with E-state index in [0.717, 1.165) is 0 Å². The zero-order chi connectivity index (χ0) is 15.5. The molecular formula is C14H10F3NO3. The molecule has 0 unspecified atom stereocenters. The normalized spacial score (nSPS) is 11.0. The molecule has 1 aromatic heterocycles. The fourth-order valence-corrected chi connectivity index (χ4v) is 1.79. The highest BCUT2D eigenvalue weighted by atomic mass is 19.4. The van der Waals surface area contributed by atoms with E-state index in [1.165, 1.54) is 43.6 Å². The topological polar surface area (TPSA) is 48.4 Å². The lowest BCUT2D eigenvalue weighted by molar-refractivity contribution is -0.274. The first-order valence-electron chi connectivity index (χ1n) is 5.79. The van der Waals surface area contributed by atoms with E-state index in [0.29, 0.717) is 6.29 Å². The number of pyridine rings is 1. The molecule has 0 fully saturated rings. The second-order valence-electron chi connectivity index (χ2n) is 3.98. The molecule has 0 amide bonds. The molecule has 0 aliphatic heterocycles. The Labute approximate surface area is 118 Å². The Morgan fingerprint density at radius 3 is 2.52 bits per heavy atom. The lowest BCUT2D eigenvalue weighted by Crippen LogP contribution is -2.17. The van der Waals surface area contributed by atoms with Gasteiger partial charge in [0.15, 0.2) is 6.29 Å². The molecule has 110 valence electrons. The summed E-state index contributed by atoms with van der Waals surface area (Å²) in [5.41, 5.74) is 0.498. The van der Waals surface area contributed by atoms with Gasteiger partial charge >= 0.3 is 6.36 Å². The van der Waals surface area contributed by atoms with Crippen LogP contribution in [0.2, 0.25) is 0 Å². The third-order valence-electron chi connectivity index (χ3n) is 2.65.